The van der Waals surface area contributed by atoms with Crippen molar-refractivity contribution in [3.05, 3.63) is 52.9 Å². The molecule has 3 heterocycles. The Bertz CT molecular complexity index is 1180. The number of carbonyl (C=O) groups is 1. The second-order valence-electron chi connectivity index (χ2n) is 5.68. The zero-order valence-electron chi connectivity index (χ0n) is 13.7. The second kappa shape index (κ2) is 6.28. The molecule has 0 unspecified atom stereocenters. The van der Waals surface area contributed by atoms with Gasteiger partial charge in [0.05, 0.1) is 12.9 Å². The van der Waals surface area contributed by atoms with Crippen molar-refractivity contribution in [2.24, 2.45) is 0 Å². The van der Waals surface area contributed by atoms with E-state index in [0.29, 0.717) is 28.3 Å². The Hall–Kier alpha value is -3.75. The van der Waals surface area contributed by atoms with Gasteiger partial charge in [0, 0.05) is 23.2 Å². The molecule has 1 aromatic carbocycles. The Morgan fingerprint density at radius 2 is 2.12 bits per heavy atom. The number of aryl methyl sites for hydroxylation is 1. The lowest BCUT2D eigenvalue weighted by Gasteiger charge is -2.08. The highest BCUT2D eigenvalue weighted by Crippen LogP contribution is 2.20. The minimum absolute atomic E-state index is 0.000929. The van der Waals surface area contributed by atoms with Gasteiger partial charge in [-0.2, -0.15) is 0 Å². The van der Waals surface area contributed by atoms with Crippen LogP contribution in [0.4, 0.5) is 11.5 Å². The Kier molecular flexibility index (Phi) is 3.81. The van der Waals surface area contributed by atoms with Gasteiger partial charge in [0.15, 0.2) is 11.5 Å². The van der Waals surface area contributed by atoms with Crippen molar-refractivity contribution in [2.45, 2.75) is 6.92 Å². The van der Waals surface area contributed by atoms with Crippen LogP contribution in [0, 0.1) is 6.92 Å². The number of anilines is 2. The van der Waals surface area contributed by atoms with E-state index in [2.05, 4.69) is 30.6 Å². The minimum Gasteiger partial charge on any atom is -0.423 e. The normalized spacial score (nSPS) is 11.0. The third-order valence-electron chi connectivity index (χ3n) is 3.87. The molecule has 0 saturated carbocycles. The van der Waals surface area contributed by atoms with Gasteiger partial charge in [-0.1, -0.05) is 0 Å². The predicted molar refractivity (Wildman–Crippen MR) is 96.0 cm³/mol. The maximum Gasteiger partial charge on any atom is 0.336 e. The Morgan fingerprint density at radius 3 is 3.00 bits per heavy atom. The standard InChI is InChI=1S/C17H14N6O3/c1-9-4-14(25)26-12-5-10(2-3-11(9)12)23-13(24)6-18-16-15-17(20-7-19-15)22-8-21-16/h2-5,7-8H,6H2,1H3,(H,23,24)(H2,18,19,20,21,22). The Labute approximate surface area is 146 Å². The number of aromatic amines is 1. The smallest absolute Gasteiger partial charge is 0.336 e. The van der Waals surface area contributed by atoms with Gasteiger partial charge in [-0.25, -0.2) is 19.7 Å². The summed E-state index contributed by atoms with van der Waals surface area (Å²) in [6, 6.07) is 6.61. The Morgan fingerprint density at radius 1 is 1.23 bits per heavy atom. The summed E-state index contributed by atoms with van der Waals surface area (Å²) in [5.41, 5.74) is 2.50. The molecule has 4 rings (SSSR count). The first-order chi connectivity index (χ1) is 12.6. The van der Waals surface area contributed by atoms with E-state index in [0.717, 1.165) is 10.9 Å². The van der Waals surface area contributed by atoms with E-state index in [4.69, 9.17) is 4.42 Å². The van der Waals surface area contributed by atoms with Gasteiger partial charge in [-0.05, 0) is 24.6 Å². The molecule has 3 aromatic heterocycles. The van der Waals surface area contributed by atoms with Crippen LogP contribution >= 0.6 is 0 Å². The zero-order valence-corrected chi connectivity index (χ0v) is 13.7. The topological polar surface area (TPSA) is 126 Å². The molecule has 0 aliphatic carbocycles. The van der Waals surface area contributed by atoms with Gasteiger partial charge in [-0.15, -0.1) is 0 Å². The lowest BCUT2D eigenvalue weighted by atomic mass is 10.1. The molecular weight excluding hydrogens is 336 g/mol. The minimum atomic E-state index is -0.424. The number of fused-ring (bicyclic) bond motifs is 2. The molecule has 0 atom stereocenters. The average molecular weight is 350 g/mol. The molecule has 130 valence electrons. The molecule has 26 heavy (non-hydrogen) atoms. The lowest BCUT2D eigenvalue weighted by Crippen LogP contribution is -2.22. The fourth-order valence-corrected chi connectivity index (χ4v) is 2.67. The largest absolute Gasteiger partial charge is 0.423 e. The fraction of sp³-hybridized carbons (Fsp3) is 0.118. The molecular formula is C17H14N6O3. The number of benzene rings is 1. The number of amides is 1. The number of H-pyrrole nitrogens is 1. The van der Waals surface area contributed by atoms with Crippen LogP contribution in [-0.4, -0.2) is 32.4 Å². The number of imidazole rings is 1. The Balaban J connectivity index is 1.49. The molecule has 0 fully saturated rings. The van der Waals surface area contributed by atoms with Crippen LogP contribution in [0.5, 0.6) is 0 Å². The van der Waals surface area contributed by atoms with Gasteiger partial charge in [-0.3, -0.25) is 4.79 Å². The van der Waals surface area contributed by atoms with E-state index in [1.807, 2.05) is 6.92 Å². The summed E-state index contributed by atoms with van der Waals surface area (Å²) in [5.74, 6) is 0.216. The maximum absolute atomic E-state index is 12.2. The van der Waals surface area contributed by atoms with Crippen molar-refractivity contribution in [3.8, 4) is 0 Å². The average Bonchev–Trinajstić information content (AvgIpc) is 3.08. The van der Waals surface area contributed by atoms with Gasteiger partial charge in [0.25, 0.3) is 0 Å². The SMILES string of the molecule is Cc1cc(=O)oc2cc(NC(=O)CNc3ncnc4nc[nH]c34)ccc12. The summed E-state index contributed by atoms with van der Waals surface area (Å²) in [6.45, 7) is 1.83. The van der Waals surface area contributed by atoms with Crippen molar-refractivity contribution in [1.82, 2.24) is 19.9 Å². The molecule has 3 N–H and O–H groups in total. The van der Waals surface area contributed by atoms with Crippen molar-refractivity contribution in [3.63, 3.8) is 0 Å². The van der Waals surface area contributed by atoms with Gasteiger partial charge >= 0.3 is 5.63 Å². The highest BCUT2D eigenvalue weighted by atomic mass is 16.4. The summed E-state index contributed by atoms with van der Waals surface area (Å²) in [7, 11) is 0. The van der Waals surface area contributed by atoms with E-state index in [9.17, 15) is 9.59 Å². The molecule has 0 aliphatic rings. The first-order valence-corrected chi connectivity index (χ1v) is 7.82. The summed E-state index contributed by atoms with van der Waals surface area (Å²) in [4.78, 5) is 38.8. The maximum atomic E-state index is 12.2. The highest BCUT2D eigenvalue weighted by molar-refractivity contribution is 5.96. The van der Waals surface area contributed by atoms with Crippen molar-refractivity contribution < 1.29 is 9.21 Å². The van der Waals surface area contributed by atoms with E-state index < -0.39 is 5.63 Å². The summed E-state index contributed by atoms with van der Waals surface area (Å²) in [5, 5.41) is 6.52. The highest BCUT2D eigenvalue weighted by Gasteiger charge is 2.09. The quantitative estimate of drug-likeness (QED) is 0.479. The van der Waals surface area contributed by atoms with Crippen molar-refractivity contribution in [1.29, 1.82) is 0 Å². The number of hydrogen-bond donors (Lipinski definition) is 3. The summed E-state index contributed by atoms with van der Waals surface area (Å²) < 4.78 is 5.18. The van der Waals surface area contributed by atoms with Crippen LogP contribution in [0.1, 0.15) is 5.56 Å². The number of carbonyl (C=O) groups excluding carboxylic acids is 1. The van der Waals surface area contributed by atoms with E-state index >= 15 is 0 Å². The number of rotatable bonds is 4. The van der Waals surface area contributed by atoms with E-state index in [1.165, 1.54) is 18.7 Å². The third kappa shape index (κ3) is 2.97. The fourth-order valence-electron chi connectivity index (χ4n) is 2.67. The van der Waals surface area contributed by atoms with Crippen LogP contribution < -0.4 is 16.3 Å². The predicted octanol–water partition coefficient (Wildman–Crippen LogP) is 1.82. The van der Waals surface area contributed by atoms with Crippen LogP contribution in [0.2, 0.25) is 0 Å². The lowest BCUT2D eigenvalue weighted by molar-refractivity contribution is -0.114. The molecule has 0 bridgehead atoms. The summed E-state index contributed by atoms with van der Waals surface area (Å²) >= 11 is 0. The monoisotopic (exact) mass is 350 g/mol. The number of nitrogens with zero attached hydrogens (tertiary/aromatic N) is 3. The van der Waals surface area contributed by atoms with Crippen molar-refractivity contribution in [2.75, 3.05) is 17.2 Å². The van der Waals surface area contributed by atoms with Crippen LogP contribution in [0.15, 0.2) is 46.1 Å². The summed E-state index contributed by atoms with van der Waals surface area (Å²) in [6.07, 6.45) is 2.88. The van der Waals surface area contributed by atoms with Crippen molar-refractivity contribution >= 4 is 39.5 Å². The number of aromatic nitrogens is 4. The molecule has 0 aliphatic heterocycles. The third-order valence-corrected chi connectivity index (χ3v) is 3.87. The van der Waals surface area contributed by atoms with Crippen LogP contribution in [-0.2, 0) is 4.79 Å². The first kappa shape index (κ1) is 15.8. The van der Waals surface area contributed by atoms with E-state index in [1.54, 1.807) is 18.2 Å². The molecule has 4 aromatic rings. The number of nitrogens with one attached hydrogen (secondary N) is 3. The molecule has 0 saturated heterocycles. The molecule has 9 heteroatoms. The first-order valence-electron chi connectivity index (χ1n) is 7.82. The van der Waals surface area contributed by atoms with E-state index in [-0.39, 0.29) is 12.5 Å². The molecule has 0 radical (unpaired) electrons. The van der Waals surface area contributed by atoms with Gasteiger partial charge in [0.1, 0.15) is 17.4 Å². The number of hydrogen-bond acceptors (Lipinski definition) is 7. The second-order valence-corrected chi connectivity index (χ2v) is 5.68. The van der Waals surface area contributed by atoms with Gasteiger partial charge < -0.3 is 20.0 Å². The van der Waals surface area contributed by atoms with Crippen LogP contribution in [0.3, 0.4) is 0 Å². The zero-order chi connectivity index (χ0) is 18.1. The molecule has 0 spiro atoms. The van der Waals surface area contributed by atoms with Gasteiger partial charge in [0.2, 0.25) is 5.91 Å². The van der Waals surface area contributed by atoms with Crippen LogP contribution in [0.25, 0.3) is 22.1 Å². The molecule has 9 nitrogen and oxygen atoms in total. The molecule has 1 amide bonds.